The molecule has 24 heavy (non-hydrogen) atoms. The molecule has 5 heteroatoms. The molecule has 0 aromatic heterocycles. The molecule has 2 aromatic rings. The SMILES string of the molecule is COCOc1cc(B2OC(C)(C)C(C)(C)O2)c2cc(C)ccc2c1. The van der Waals surface area contributed by atoms with Crippen LogP contribution in [-0.2, 0) is 14.0 Å². The van der Waals surface area contributed by atoms with Crippen LogP contribution in [0.4, 0.5) is 0 Å². The number of aryl methyl sites for hydroxylation is 1. The number of benzene rings is 2. The Hall–Kier alpha value is -1.56. The van der Waals surface area contributed by atoms with Crippen molar-refractivity contribution >= 4 is 23.4 Å². The Bertz CT molecular complexity index is 738. The average molecular weight is 328 g/mol. The predicted octanol–water partition coefficient (Wildman–Crippen LogP) is 3.43. The average Bonchev–Trinajstić information content (AvgIpc) is 2.72. The zero-order valence-corrected chi connectivity index (χ0v) is 15.3. The zero-order chi connectivity index (χ0) is 17.5. The number of rotatable bonds is 4. The van der Waals surface area contributed by atoms with Gasteiger partial charge >= 0.3 is 7.12 Å². The molecule has 0 radical (unpaired) electrons. The predicted molar refractivity (Wildman–Crippen MR) is 96.9 cm³/mol. The van der Waals surface area contributed by atoms with Crippen molar-refractivity contribution in [3.05, 3.63) is 35.9 Å². The second kappa shape index (κ2) is 6.06. The highest BCUT2D eigenvalue weighted by atomic mass is 16.7. The van der Waals surface area contributed by atoms with Gasteiger partial charge < -0.3 is 18.8 Å². The van der Waals surface area contributed by atoms with Crippen molar-refractivity contribution in [2.45, 2.75) is 45.8 Å². The van der Waals surface area contributed by atoms with Gasteiger partial charge in [-0.1, -0.05) is 23.8 Å². The van der Waals surface area contributed by atoms with Crippen molar-refractivity contribution in [1.29, 1.82) is 0 Å². The minimum absolute atomic E-state index is 0.209. The first kappa shape index (κ1) is 17.3. The number of methoxy groups -OCH3 is 1. The molecule has 1 fully saturated rings. The topological polar surface area (TPSA) is 36.9 Å². The molecule has 1 aliphatic rings. The molecule has 0 saturated carbocycles. The summed E-state index contributed by atoms with van der Waals surface area (Å²) in [5.41, 5.74) is 1.43. The monoisotopic (exact) mass is 328 g/mol. The summed E-state index contributed by atoms with van der Waals surface area (Å²) in [5, 5.41) is 2.22. The van der Waals surface area contributed by atoms with Gasteiger partial charge in [-0.05, 0) is 63.0 Å². The molecule has 0 N–H and O–H groups in total. The molecule has 0 spiro atoms. The molecule has 3 rings (SSSR count). The molecule has 4 nitrogen and oxygen atoms in total. The van der Waals surface area contributed by atoms with E-state index in [0.29, 0.717) is 0 Å². The van der Waals surface area contributed by atoms with Crippen LogP contribution >= 0.6 is 0 Å². The number of fused-ring (bicyclic) bond motifs is 1. The van der Waals surface area contributed by atoms with Crippen LogP contribution in [0.5, 0.6) is 5.75 Å². The fraction of sp³-hybridized carbons (Fsp3) is 0.474. The molecule has 1 heterocycles. The lowest BCUT2D eigenvalue weighted by atomic mass is 9.75. The van der Waals surface area contributed by atoms with Crippen molar-refractivity contribution in [1.82, 2.24) is 0 Å². The summed E-state index contributed by atoms with van der Waals surface area (Å²) in [6.07, 6.45) is 0. The van der Waals surface area contributed by atoms with Gasteiger partial charge in [0.2, 0.25) is 0 Å². The summed E-state index contributed by atoms with van der Waals surface area (Å²) in [7, 11) is 1.19. The normalized spacial score (nSPS) is 19.0. The van der Waals surface area contributed by atoms with E-state index in [1.807, 2.05) is 12.1 Å². The summed E-state index contributed by atoms with van der Waals surface area (Å²) in [5.74, 6) is 0.748. The van der Waals surface area contributed by atoms with E-state index in [-0.39, 0.29) is 18.0 Å². The van der Waals surface area contributed by atoms with E-state index in [1.54, 1.807) is 7.11 Å². The van der Waals surface area contributed by atoms with Gasteiger partial charge in [-0.2, -0.15) is 0 Å². The maximum Gasteiger partial charge on any atom is 0.495 e. The standard InChI is InChI=1S/C19H25BO4/c1-13-7-8-14-10-15(22-12-21-6)11-17(16(14)9-13)20-23-18(2,3)19(4,5)24-20/h7-11H,12H2,1-6H3. The Labute approximate surface area is 144 Å². The molecule has 0 bridgehead atoms. The van der Waals surface area contributed by atoms with E-state index in [1.165, 1.54) is 5.56 Å². The number of ether oxygens (including phenoxy) is 2. The van der Waals surface area contributed by atoms with Gasteiger partial charge in [0.1, 0.15) is 5.75 Å². The van der Waals surface area contributed by atoms with Gasteiger partial charge in [-0.15, -0.1) is 0 Å². The van der Waals surface area contributed by atoms with Crippen molar-refractivity contribution in [2.75, 3.05) is 13.9 Å². The highest BCUT2D eigenvalue weighted by Gasteiger charge is 2.52. The van der Waals surface area contributed by atoms with Crippen LogP contribution in [0.1, 0.15) is 33.3 Å². The largest absolute Gasteiger partial charge is 0.495 e. The van der Waals surface area contributed by atoms with E-state index >= 15 is 0 Å². The molecule has 2 aromatic carbocycles. The molecule has 0 unspecified atom stereocenters. The van der Waals surface area contributed by atoms with E-state index in [2.05, 4.69) is 52.8 Å². The molecule has 1 aliphatic heterocycles. The van der Waals surface area contributed by atoms with E-state index in [9.17, 15) is 0 Å². The minimum atomic E-state index is -0.426. The Morgan fingerprint density at radius 3 is 2.29 bits per heavy atom. The van der Waals surface area contributed by atoms with E-state index < -0.39 is 7.12 Å². The van der Waals surface area contributed by atoms with Crippen molar-refractivity contribution in [3.63, 3.8) is 0 Å². The van der Waals surface area contributed by atoms with Gasteiger partial charge in [0.15, 0.2) is 6.79 Å². The minimum Gasteiger partial charge on any atom is -0.468 e. The van der Waals surface area contributed by atoms with Crippen molar-refractivity contribution < 1.29 is 18.8 Å². The zero-order valence-electron chi connectivity index (χ0n) is 15.3. The summed E-state index contributed by atoms with van der Waals surface area (Å²) < 4.78 is 23.2. The van der Waals surface area contributed by atoms with Gasteiger partial charge in [0.25, 0.3) is 0 Å². The first-order valence-electron chi connectivity index (χ1n) is 8.25. The smallest absolute Gasteiger partial charge is 0.468 e. The summed E-state index contributed by atoms with van der Waals surface area (Å²) in [6.45, 7) is 10.5. The van der Waals surface area contributed by atoms with Crippen LogP contribution in [0.3, 0.4) is 0 Å². The lowest BCUT2D eigenvalue weighted by Crippen LogP contribution is -2.41. The Kier molecular flexibility index (Phi) is 4.37. The van der Waals surface area contributed by atoms with Crippen LogP contribution in [-0.4, -0.2) is 32.2 Å². The van der Waals surface area contributed by atoms with Gasteiger partial charge in [-0.3, -0.25) is 0 Å². The van der Waals surface area contributed by atoms with Crippen molar-refractivity contribution in [3.8, 4) is 5.75 Å². The quantitative estimate of drug-likeness (QED) is 0.636. The molecule has 0 atom stereocenters. The number of hydrogen-bond acceptors (Lipinski definition) is 4. The highest BCUT2D eigenvalue weighted by Crippen LogP contribution is 2.37. The first-order valence-corrected chi connectivity index (χ1v) is 8.25. The second-order valence-electron chi connectivity index (χ2n) is 7.38. The number of hydrogen-bond donors (Lipinski definition) is 0. The lowest BCUT2D eigenvalue weighted by molar-refractivity contribution is 0.00578. The maximum atomic E-state index is 6.25. The molecule has 0 aliphatic carbocycles. The fourth-order valence-corrected chi connectivity index (χ4v) is 2.85. The third kappa shape index (κ3) is 3.04. The molecule has 0 amide bonds. The van der Waals surface area contributed by atoms with Gasteiger partial charge in [0, 0.05) is 7.11 Å². The third-order valence-electron chi connectivity index (χ3n) is 4.97. The summed E-state index contributed by atoms with van der Waals surface area (Å²) in [4.78, 5) is 0. The van der Waals surface area contributed by atoms with Crippen LogP contribution in [0, 0.1) is 6.92 Å². The maximum absolute atomic E-state index is 6.25. The van der Waals surface area contributed by atoms with E-state index in [0.717, 1.165) is 22.0 Å². The van der Waals surface area contributed by atoms with Crippen LogP contribution < -0.4 is 10.2 Å². The van der Waals surface area contributed by atoms with Crippen LogP contribution in [0.2, 0.25) is 0 Å². The molecular formula is C19H25BO4. The third-order valence-corrected chi connectivity index (χ3v) is 4.97. The van der Waals surface area contributed by atoms with Gasteiger partial charge in [0.05, 0.1) is 11.2 Å². The second-order valence-corrected chi connectivity index (χ2v) is 7.38. The molecule has 128 valence electrons. The van der Waals surface area contributed by atoms with E-state index in [4.69, 9.17) is 18.8 Å². The Morgan fingerprint density at radius 1 is 1.00 bits per heavy atom. The van der Waals surface area contributed by atoms with Crippen molar-refractivity contribution in [2.24, 2.45) is 0 Å². The summed E-state index contributed by atoms with van der Waals surface area (Å²) >= 11 is 0. The Morgan fingerprint density at radius 2 is 1.67 bits per heavy atom. The van der Waals surface area contributed by atoms with Crippen LogP contribution in [0.15, 0.2) is 30.3 Å². The van der Waals surface area contributed by atoms with Crippen LogP contribution in [0.25, 0.3) is 10.8 Å². The molecular weight excluding hydrogens is 303 g/mol. The Balaban J connectivity index is 2.10. The highest BCUT2D eigenvalue weighted by molar-refractivity contribution is 6.65. The fourth-order valence-electron chi connectivity index (χ4n) is 2.85. The first-order chi connectivity index (χ1) is 11.2. The molecule has 1 saturated heterocycles. The lowest BCUT2D eigenvalue weighted by Gasteiger charge is -2.32. The van der Waals surface area contributed by atoms with Gasteiger partial charge in [-0.25, -0.2) is 0 Å². The summed E-state index contributed by atoms with van der Waals surface area (Å²) in [6, 6.07) is 10.4.